The maximum Gasteiger partial charge on any atom is 0.330 e. The maximum absolute atomic E-state index is 12.0. The van der Waals surface area contributed by atoms with Gasteiger partial charge in [-0.15, -0.1) is 0 Å². The van der Waals surface area contributed by atoms with E-state index < -0.39 is 5.97 Å². The quantitative estimate of drug-likeness (QED) is 0.113. The summed E-state index contributed by atoms with van der Waals surface area (Å²) in [5, 5.41) is 2.95. The van der Waals surface area contributed by atoms with Crippen molar-refractivity contribution >= 4 is 24.1 Å². The number of esters is 2. The first-order valence-corrected chi connectivity index (χ1v) is 12.2. The SMILES string of the molecule is CCOC(=O)/C=C/c1c(/C=C(/CCCCN=O)C(C)CC)cccc1OCCCC(=O)OCC. The van der Waals surface area contributed by atoms with Crippen LogP contribution >= 0.6 is 0 Å². The molecule has 1 atom stereocenters. The highest BCUT2D eigenvalue weighted by atomic mass is 16.5. The molecule has 0 bridgehead atoms. The van der Waals surface area contributed by atoms with Gasteiger partial charge in [0.15, 0.2) is 0 Å². The van der Waals surface area contributed by atoms with Crippen LogP contribution in [0.2, 0.25) is 0 Å². The van der Waals surface area contributed by atoms with E-state index in [1.165, 1.54) is 11.6 Å². The van der Waals surface area contributed by atoms with Crippen molar-refractivity contribution in [3.63, 3.8) is 0 Å². The number of rotatable bonds is 17. The van der Waals surface area contributed by atoms with Crippen LogP contribution < -0.4 is 4.74 Å². The van der Waals surface area contributed by atoms with E-state index in [1.54, 1.807) is 19.9 Å². The summed E-state index contributed by atoms with van der Waals surface area (Å²) in [5.41, 5.74) is 2.99. The third kappa shape index (κ3) is 11.3. The molecule has 7 heteroatoms. The van der Waals surface area contributed by atoms with Crippen molar-refractivity contribution < 1.29 is 23.8 Å². The van der Waals surface area contributed by atoms with Crippen LogP contribution in [0.25, 0.3) is 12.2 Å². The molecule has 0 radical (unpaired) electrons. The van der Waals surface area contributed by atoms with Gasteiger partial charge in [0.1, 0.15) is 5.75 Å². The first-order chi connectivity index (χ1) is 16.5. The Balaban J connectivity index is 3.19. The van der Waals surface area contributed by atoms with Gasteiger partial charge in [0.05, 0.1) is 26.4 Å². The number of hydrogen-bond acceptors (Lipinski definition) is 7. The first kappa shape index (κ1) is 29.1. The molecule has 1 rings (SSSR count). The van der Waals surface area contributed by atoms with Crippen LogP contribution in [0.5, 0.6) is 5.75 Å². The van der Waals surface area contributed by atoms with Crippen molar-refractivity contribution in [2.75, 3.05) is 26.4 Å². The summed E-state index contributed by atoms with van der Waals surface area (Å²) < 4.78 is 16.0. The monoisotopic (exact) mass is 473 g/mol. The molecule has 1 aromatic carbocycles. The second kappa shape index (κ2) is 17.5. The summed E-state index contributed by atoms with van der Waals surface area (Å²) in [6, 6.07) is 5.76. The van der Waals surface area contributed by atoms with Crippen molar-refractivity contribution in [2.45, 2.75) is 66.2 Å². The highest BCUT2D eigenvalue weighted by molar-refractivity contribution is 5.88. The number of benzene rings is 1. The summed E-state index contributed by atoms with van der Waals surface area (Å²) in [4.78, 5) is 34.0. The number of nitroso groups, excluding NO2 is 1. The fourth-order valence-corrected chi connectivity index (χ4v) is 3.39. The molecule has 0 aromatic heterocycles. The lowest BCUT2D eigenvalue weighted by molar-refractivity contribution is -0.143. The zero-order chi connectivity index (χ0) is 25.2. The fraction of sp³-hybridized carbons (Fsp3) is 0.556. The fourth-order valence-electron chi connectivity index (χ4n) is 3.39. The van der Waals surface area contributed by atoms with E-state index in [0.29, 0.717) is 44.5 Å². The van der Waals surface area contributed by atoms with Gasteiger partial charge < -0.3 is 14.2 Å². The smallest absolute Gasteiger partial charge is 0.330 e. The van der Waals surface area contributed by atoms with Gasteiger partial charge in [-0.25, -0.2) is 4.79 Å². The molecule has 0 amide bonds. The molecule has 34 heavy (non-hydrogen) atoms. The van der Waals surface area contributed by atoms with Gasteiger partial charge in [0, 0.05) is 18.1 Å². The van der Waals surface area contributed by atoms with Gasteiger partial charge in [-0.05, 0) is 69.6 Å². The number of allylic oxidation sites excluding steroid dienone is 1. The number of ether oxygens (including phenoxy) is 3. The largest absolute Gasteiger partial charge is 0.493 e. The van der Waals surface area contributed by atoms with Crippen molar-refractivity contribution in [1.82, 2.24) is 0 Å². The first-order valence-electron chi connectivity index (χ1n) is 12.2. The second-order valence-electron chi connectivity index (χ2n) is 7.94. The van der Waals surface area contributed by atoms with E-state index in [9.17, 15) is 14.5 Å². The number of unbranched alkanes of at least 4 members (excludes halogenated alkanes) is 1. The van der Waals surface area contributed by atoms with Crippen LogP contribution in [0.3, 0.4) is 0 Å². The van der Waals surface area contributed by atoms with E-state index in [-0.39, 0.29) is 12.4 Å². The summed E-state index contributed by atoms with van der Waals surface area (Å²) in [6.07, 6.45) is 9.61. The van der Waals surface area contributed by atoms with E-state index >= 15 is 0 Å². The molecule has 188 valence electrons. The Bertz CT molecular complexity index is 830. The predicted octanol–water partition coefficient (Wildman–Crippen LogP) is 6.35. The Morgan fingerprint density at radius 1 is 1.03 bits per heavy atom. The lowest BCUT2D eigenvalue weighted by Crippen LogP contribution is -2.07. The van der Waals surface area contributed by atoms with Crippen LogP contribution in [0.1, 0.15) is 77.3 Å². The number of hydrogen-bond donors (Lipinski definition) is 0. The average molecular weight is 474 g/mol. The Morgan fingerprint density at radius 2 is 1.79 bits per heavy atom. The second-order valence-corrected chi connectivity index (χ2v) is 7.94. The molecular formula is C27H39NO6. The molecule has 0 spiro atoms. The van der Waals surface area contributed by atoms with Crippen LogP contribution in [0, 0.1) is 10.8 Å². The van der Waals surface area contributed by atoms with E-state index in [0.717, 1.165) is 36.8 Å². The average Bonchev–Trinajstić information content (AvgIpc) is 2.83. The van der Waals surface area contributed by atoms with E-state index in [4.69, 9.17) is 14.2 Å². The van der Waals surface area contributed by atoms with Gasteiger partial charge in [0.25, 0.3) is 0 Å². The van der Waals surface area contributed by atoms with Crippen LogP contribution in [-0.4, -0.2) is 38.3 Å². The zero-order valence-corrected chi connectivity index (χ0v) is 21.0. The molecule has 0 saturated heterocycles. The number of carbonyl (C=O) groups is 2. The topological polar surface area (TPSA) is 91.3 Å². The van der Waals surface area contributed by atoms with Crippen LogP contribution in [-0.2, 0) is 19.1 Å². The highest BCUT2D eigenvalue weighted by Gasteiger charge is 2.12. The number of carbonyl (C=O) groups excluding carboxylic acids is 2. The van der Waals surface area contributed by atoms with Crippen molar-refractivity contribution in [1.29, 1.82) is 0 Å². The molecule has 7 nitrogen and oxygen atoms in total. The van der Waals surface area contributed by atoms with Crippen molar-refractivity contribution in [3.8, 4) is 5.75 Å². The maximum atomic E-state index is 12.0. The molecule has 0 aliphatic heterocycles. The molecular weight excluding hydrogens is 434 g/mol. The zero-order valence-electron chi connectivity index (χ0n) is 21.0. The molecule has 0 heterocycles. The lowest BCUT2D eigenvalue weighted by atomic mass is 9.90. The van der Waals surface area contributed by atoms with Gasteiger partial charge >= 0.3 is 11.9 Å². The molecule has 0 aliphatic rings. The van der Waals surface area contributed by atoms with Gasteiger partial charge in [-0.1, -0.05) is 42.8 Å². The van der Waals surface area contributed by atoms with E-state index in [2.05, 4.69) is 25.1 Å². The van der Waals surface area contributed by atoms with Gasteiger partial charge in [-0.2, -0.15) is 4.91 Å². The van der Waals surface area contributed by atoms with Crippen molar-refractivity contribution in [2.24, 2.45) is 11.1 Å². The lowest BCUT2D eigenvalue weighted by Gasteiger charge is -2.17. The predicted molar refractivity (Wildman–Crippen MR) is 135 cm³/mol. The summed E-state index contributed by atoms with van der Waals surface area (Å²) in [6.45, 7) is 9.22. The Kier molecular flexibility index (Phi) is 15.0. The molecule has 0 N–H and O–H groups in total. The molecule has 0 fully saturated rings. The Labute approximate surface area is 203 Å². The molecule has 1 unspecified atom stereocenters. The van der Waals surface area contributed by atoms with Gasteiger partial charge in [0.2, 0.25) is 0 Å². The summed E-state index contributed by atoms with van der Waals surface area (Å²) in [7, 11) is 0. The van der Waals surface area contributed by atoms with Crippen molar-refractivity contribution in [3.05, 3.63) is 45.9 Å². The van der Waals surface area contributed by atoms with E-state index in [1.807, 2.05) is 18.2 Å². The van der Waals surface area contributed by atoms with Crippen LogP contribution in [0.4, 0.5) is 0 Å². The van der Waals surface area contributed by atoms with Gasteiger partial charge in [-0.3, -0.25) is 4.79 Å². The standard InChI is InChI=1S/C27H39NO6/c1-5-21(4)22(12-8-9-18-28-31)20-23-13-10-14-25(24(23)16-17-27(30)33-7-3)34-19-11-15-26(29)32-6-2/h10,13-14,16-17,20-21H,5-9,11-12,15,18-19H2,1-4H3/b17-16+,22-20-. The third-order valence-corrected chi connectivity index (χ3v) is 5.41. The molecule has 0 aliphatic carbocycles. The number of nitrogens with zero attached hydrogens (tertiary/aromatic N) is 1. The molecule has 1 aromatic rings. The summed E-state index contributed by atoms with van der Waals surface area (Å²) >= 11 is 0. The minimum absolute atomic E-state index is 0.242. The Hall–Kier alpha value is -2.96. The third-order valence-electron chi connectivity index (χ3n) is 5.41. The summed E-state index contributed by atoms with van der Waals surface area (Å²) in [5.74, 6) is 0.346. The minimum Gasteiger partial charge on any atom is -0.493 e. The Morgan fingerprint density at radius 3 is 2.47 bits per heavy atom. The normalized spacial score (nSPS) is 12.4. The van der Waals surface area contributed by atoms with Crippen LogP contribution in [0.15, 0.2) is 35.0 Å². The highest BCUT2D eigenvalue weighted by Crippen LogP contribution is 2.30. The molecule has 0 saturated carbocycles. The minimum atomic E-state index is -0.418.